The van der Waals surface area contributed by atoms with Gasteiger partial charge in [0.05, 0.1) is 17.1 Å². The van der Waals surface area contributed by atoms with Crippen LogP contribution in [-0.2, 0) is 0 Å². The molecule has 0 spiro atoms. The quantitative estimate of drug-likeness (QED) is 0.489. The first-order valence-electron chi connectivity index (χ1n) is 4.83. The van der Waals surface area contributed by atoms with E-state index in [9.17, 15) is 0 Å². The van der Waals surface area contributed by atoms with Gasteiger partial charge < -0.3 is 11.5 Å². The van der Waals surface area contributed by atoms with Gasteiger partial charge in [0.2, 0.25) is 0 Å². The van der Waals surface area contributed by atoms with Gasteiger partial charge in [-0.05, 0) is 42.5 Å². The molecule has 5 N–H and O–H groups in total. The fraction of sp³-hybridized carbons (Fsp3) is 0. The third kappa shape index (κ3) is 2.17. The van der Waals surface area contributed by atoms with E-state index in [1.165, 1.54) is 0 Å². The molecule has 0 radical (unpaired) electrons. The molecule has 1 aromatic carbocycles. The molecule has 0 heterocycles. The summed E-state index contributed by atoms with van der Waals surface area (Å²) in [5.41, 5.74) is 14.1. The Hall–Kier alpha value is -2.36. The van der Waals surface area contributed by atoms with Crippen molar-refractivity contribution in [2.24, 2.45) is 10.7 Å². The summed E-state index contributed by atoms with van der Waals surface area (Å²) in [6.07, 6.45) is 5.04. The van der Waals surface area contributed by atoms with E-state index in [0.717, 1.165) is 5.69 Å². The van der Waals surface area contributed by atoms with Gasteiger partial charge >= 0.3 is 0 Å². The summed E-state index contributed by atoms with van der Waals surface area (Å²) >= 11 is 0. The van der Waals surface area contributed by atoms with Gasteiger partial charge in [0.1, 0.15) is 0 Å². The molecular weight excluding hydrogens is 200 g/mol. The van der Waals surface area contributed by atoms with Gasteiger partial charge in [-0.1, -0.05) is 0 Å². The van der Waals surface area contributed by atoms with Crippen LogP contribution < -0.4 is 11.5 Å². The summed E-state index contributed by atoms with van der Waals surface area (Å²) < 4.78 is 0. The molecule has 0 aromatic heterocycles. The molecule has 4 nitrogen and oxygen atoms in total. The molecule has 1 aliphatic rings. The standard InChI is InChI=1S/C12H12N4/c13-8-1-4-10(5-2-8)16-12-6-3-9(14)7-11(12)15/h1-7,15H,13-14H2. The van der Waals surface area contributed by atoms with Crippen molar-refractivity contribution < 1.29 is 0 Å². The molecule has 2 rings (SSSR count). The average Bonchev–Trinajstić information content (AvgIpc) is 2.25. The van der Waals surface area contributed by atoms with Crippen LogP contribution in [0.5, 0.6) is 0 Å². The molecule has 0 bridgehead atoms. The first-order valence-corrected chi connectivity index (χ1v) is 4.83. The van der Waals surface area contributed by atoms with Gasteiger partial charge in [-0.3, -0.25) is 5.41 Å². The van der Waals surface area contributed by atoms with Gasteiger partial charge in [0.15, 0.2) is 0 Å². The van der Waals surface area contributed by atoms with Crippen molar-refractivity contribution >= 4 is 22.8 Å². The van der Waals surface area contributed by atoms with Gasteiger partial charge in [-0.15, -0.1) is 0 Å². The fourth-order valence-electron chi connectivity index (χ4n) is 1.34. The number of nitrogens with one attached hydrogen (secondary N) is 1. The molecule has 0 aliphatic heterocycles. The Morgan fingerprint density at radius 3 is 2.31 bits per heavy atom. The number of rotatable bonds is 1. The van der Waals surface area contributed by atoms with Gasteiger partial charge in [-0.2, -0.15) is 0 Å². The normalized spacial score (nSPS) is 17.6. The second-order valence-corrected chi connectivity index (χ2v) is 3.48. The number of benzene rings is 1. The minimum Gasteiger partial charge on any atom is -0.399 e. The predicted molar refractivity (Wildman–Crippen MR) is 67.1 cm³/mol. The summed E-state index contributed by atoms with van der Waals surface area (Å²) in [5, 5.41) is 7.70. The molecule has 0 atom stereocenters. The topological polar surface area (TPSA) is 88.2 Å². The molecule has 80 valence electrons. The molecule has 0 amide bonds. The molecule has 0 saturated carbocycles. The van der Waals surface area contributed by atoms with E-state index in [2.05, 4.69) is 4.99 Å². The molecule has 16 heavy (non-hydrogen) atoms. The summed E-state index contributed by atoms with van der Waals surface area (Å²) in [7, 11) is 0. The summed E-state index contributed by atoms with van der Waals surface area (Å²) in [5.74, 6) is 0. The zero-order chi connectivity index (χ0) is 11.5. The minimum absolute atomic E-state index is 0.317. The van der Waals surface area contributed by atoms with E-state index < -0.39 is 0 Å². The van der Waals surface area contributed by atoms with Gasteiger partial charge in [0, 0.05) is 11.4 Å². The highest BCUT2D eigenvalue weighted by molar-refractivity contribution is 6.50. The van der Waals surface area contributed by atoms with Crippen LogP contribution in [0.2, 0.25) is 0 Å². The Labute approximate surface area is 93.5 Å². The Balaban J connectivity index is 2.29. The Kier molecular flexibility index (Phi) is 2.55. The van der Waals surface area contributed by atoms with E-state index in [0.29, 0.717) is 22.8 Å². The van der Waals surface area contributed by atoms with Crippen LogP contribution in [-0.4, -0.2) is 11.4 Å². The summed E-state index contributed by atoms with van der Waals surface area (Å²) in [4.78, 5) is 4.32. The third-order valence-electron chi connectivity index (χ3n) is 2.16. The van der Waals surface area contributed by atoms with Crippen molar-refractivity contribution in [3.63, 3.8) is 0 Å². The Bertz CT molecular complexity index is 506. The number of nitrogens with two attached hydrogens (primary N) is 2. The van der Waals surface area contributed by atoms with Crippen LogP contribution in [0, 0.1) is 5.41 Å². The number of nitrogen functional groups attached to an aromatic ring is 1. The lowest BCUT2D eigenvalue weighted by molar-refractivity contribution is 1.41. The van der Waals surface area contributed by atoms with E-state index in [-0.39, 0.29) is 0 Å². The van der Waals surface area contributed by atoms with Crippen molar-refractivity contribution in [1.82, 2.24) is 0 Å². The molecule has 1 aliphatic carbocycles. The van der Waals surface area contributed by atoms with Gasteiger partial charge in [0.25, 0.3) is 0 Å². The molecule has 0 fully saturated rings. The Morgan fingerprint density at radius 1 is 1.00 bits per heavy atom. The second kappa shape index (κ2) is 4.02. The number of allylic oxidation sites excluding steroid dienone is 3. The van der Waals surface area contributed by atoms with E-state index in [1.807, 2.05) is 12.1 Å². The monoisotopic (exact) mass is 212 g/mol. The van der Waals surface area contributed by atoms with Crippen LogP contribution in [0.25, 0.3) is 0 Å². The van der Waals surface area contributed by atoms with Crippen molar-refractivity contribution in [1.29, 1.82) is 5.41 Å². The SMILES string of the molecule is N=C1C=C(N)C=CC1=Nc1ccc(N)cc1. The van der Waals surface area contributed by atoms with E-state index in [4.69, 9.17) is 16.9 Å². The zero-order valence-corrected chi connectivity index (χ0v) is 8.64. The lowest BCUT2D eigenvalue weighted by Gasteiger charge is -2.06. The highest BCUT2D eigenvalue weighted by atomic mass is 14.8. The predicted octanol–water partition coefficient (Wildman–Crippen LogP) is 1.77. The number of hydrogen-bond donors (Lipinski definition) is 3. The largest absolute Gasteiger partial charge is 0.399 e. The Morgan fingerprint density at radius 2 is 1.69 bits per heavy atom. The smallest absolute Gasteiger partial charge is 0.0887 e. The van der Waals surface area contributed by atoms with Crippen molar-refractivity contribution in [2.75, 3.05) is 5.73 Å². The molecule has 0 unspecified atom stereocenters. The summed E-state index contributed by atoms with van der Waals surface area (Å²) in [6.45, 7) is 0. The second-order valence-electron chi connectivity index (χ2n) is 3.48. The first kappa shape index (κ1) is 10.2. The van der Waals surface area contributed by atoms with E-state index >= 15 is 0 Å². The number of nitrogens with zero attached hydrogens (tertiary/aromatic N) is 1. The first-order chi connectivity index (χ1) is 7.65. The molecule has 4 heteroatoms. The van der Waals surface area contributed by atoms with Crippen molar-refractivity contribution in [3.05, 3.63) is 48.2 Å². The minimum atomic E-state index is 0.317. The van der Waals surface area contributed by atoms with Crippen molar-refractivity contribution in [3.8, 4) is 0 Å². The number of aliphatic imine (C=N–C) groups is 1. The van der Waals surface area contributed by atoms with Crippen LogP contribution in [0.3, 0.4) is 0 Å². The highest BCUT2D eigenvalue weighted by Crippen LogP contribution is 2.15. The lowest BCUT2D eigenvalue weighted by Crippen LogP contribution is -2.14. The maximum atomic E-state index is 7.70. The summed E-state index contributed by atoms with van der Waals surface area (Å²) in [6, 6.07) is 7.18. The maximum Gasteiger partial charge on any atom is 0.0887 e. The maximum absolute atomic E-state index is 7.70. The fourth-order valence-corrected chi connectivity index (χ4v) is 1.34. The number of anilines is 1. The average molecular weight is 212 g/mol. The van der Waals surface area contributed by atoms with Crippen molar-refractivity contribution in [2.45, 2.75) is 0 Å². The molecule has 1 aromatic rings. The van der Waals surface area contributed by atoms with E-state index in [1.54, 1.807) is 30.4 Å². The van der Waals surface area contributed by atoms with Crippen LogP contribution >= 0.6 is 0 Å². The van der Waals surface area contributed by atoms with Crippen LogP contribution in [0.1, 0.15) is 0 Å². The molecule has 0 saturated heterocycles. The number of hydrogen-bond acceptors (Lipinski definition) is 4. The molecular formula is C12H12N4. The van der Waals surface area contributed by atoms with Crippen LogP contribution in [0.4, 0.5) is 11.4 Å². The lowest BCUT2D eigenvalue weighted by atomic mass is 10.1. The van der Waals surface area contributed by atoms with Crippen LogP contribution in [0.15, 0.2) is 53.2 Å². The zero-order valence-electron chi connectivity index (χ0n) is 8.64. The highest BCUT2D eigenvalue weighted by Gasteiger charge is 2.06. The van der Waals surface area contributed by atoms with Gasteiger partial charge in [-0.25, -0.2) is 4.99 Å². The third-order valence-corrected chi connectivity index (χ3v) is 2.16.